The zero-order chi connectivity index (χ0) is 9.26. The first kappa shape index (κ1) is 8.12. The first-order chi connectivity index (χ1) is 6.27. The average molecular weight is 181 g/mol. The van der Waals surface area contributed by atoms with Crippen LogP contribution in [0.3, 0.4) is 0 Å². The van der Waals surface area contributed by atoms with Crippen molar-refractivity contribution in [1.29, 1.82) is 0 Å². The molecule has 0 atom stereocenters. The van der Waals surface area contributed by atoms with Crippen molar-refractivity contribution < 1.29 is 9.90 Å². The summed E-state index contributed by atoms with van der Waals surface area (Å²) in [5.74, 6) is 0. The van der Waals surface area contributed by atoms with E-state index in [1.54, 1.807) is 12.3 Å². The fraction of sp³-hybridized carbons (Fsp3) is 0.375. The van der Waals surface area contributed by atoms with Crippen LogP contribution in [0.5, 0.6) is 0 Å². The second-order valence-corrected chi connectivity index (χ2v) is 3.04. The van der Waals surface area contributed by atoms with Gasteiger partial charge in [-0.15, -0.1) is 0 Å². The van der Waals surface area contributed by atoms with Gasteiger partial charge in [0.05, 0.1) is 5.70 Å². The third-order valence-corrected chi connectivity index (χ3v) is 2.23. The van der Waals surface area contributed by atoms with Gasteiger partial charge in [-0.05, 0) is 18.1 Å². The molecule has 0 bridgehead atoms. The summed E-state index contributed by atoms with van der Waals surface area (Å²) in [7, 11) is 0. The summed E-state index contributed by atoms with van der Waals surface area (Å²) in [6.07, 6.45) is 3.26. The number of allylic oxidation sites excluding steroid dienone is 1. The Labute approximate surface area is 75.7 Å². The first-order valence-electron chi connectivity index (χ1n) is 4.16. The molecule has 0 aliphatic carbocycles. The normalized spacial score (nSPS) is 21.1. The molecule has 13 heavy (non-hydrogen) atoms. The number of rotatable bonds is 0. The van der Waals surface area contributed by atoms with E-state index in [1.807, 2.05) is 0 Å². The maximum Gasteiger partial charge on any atom is 0.411 e. The second kappa shape index (κ2) is 3.10. The maximum absolute atomic E-state index is 10.6. The summed E-state index contributed by atoms with van der Waals surface area (Å²) < 4.78 is 0. The fourth-order valence-electron chi connectivity index (χ4n) is 1.47. The van der Waals surface area contributed by atoms with Gasteiger partial charge in [0.1, 0.15) is 0 Å². The lowest BCUT2D eigenvalue weighted by molar-refractivity contribution is 0.163. The summed E-state index contributed by atoms with van der Waals surface area (Å²) in [4.78, 5) is 11.9. The van der Waals surface area contributed by atoms with Gasteiger partial charge < -0.3 is 10.5 Å². The molecule has 2 aliphatic rings. The molecule has 3 N–H and O–H groups in total. The van der Waals surface area contributed by atoms with Crippen molar-refractivity contribution in [3.8, 4) is 0 Å². The van der Waals surface area contributed by atoms with Gasteiger partial charge in [-0.2, -0.15) is 0 Å². The van der Waals surface area contributed by atoms with Crippen molar-refractivity contribution in [2.24, 2.45) is 0 Å². The van der Waals surface area contributed by atoms with Crippen LogP contribution in [-0.2, 0) is 0 Å². The van der Waals surface area contributed by atoms with Crippen LogP contribution in [0.2, 0.25) is 0 Å². The number of hydrogen-bond donors (Lipinski definition) is 3. The zero-order valence-electron chi connectivity index (χ0n) is 7.08. The molecular weight excluding hydrogens is 170 g/mol. The minimum atomic E-state index is -0.898. The number of carbonyl (C=O) groups is 1. The highest BCUT2D eigenvalue weighted by molar-refractivity contribution is 5.66. The number of hydrogen-bond acceptors (Lipinski definition) is 3. The van der Waals surface area contributed by atoms with Gasteiger partial charge >= 0.3 is 6.09 Å². The van der Waals surface area contributed by atoms with E-state index >= 15 is 0 Å². The molecule has 0 radical (unpaired) electrons. The first-order valence-corrected chi connectivity index (χ1v) is 4.16. The number of nitrogens with one attached hydrogen (secondary N) is 2. The molecule has 0 aromatic heterocycles. The van der Waals surface area contributed by atoms with Crippen molar-refractivity contribution in [3.05, 3.63) is 23.5 Å². The summed E-state index contributed by atoms with van der Waals surface area (Å²) in [6, 6.07) is 0. The van der Waals surface area contributed by atoms with Crippen molar-refractivity contribution in [2.45, 2.75) is 6.42 Å². The summed E-state index contributed by atoms with van der Waals surface area (Å²) in [6.45, 7) is 1.33. The average Bonchev–Trinajstić information content (AvgIpc) is 2.44. The zero-order valence-corrected chi connectivity index (χ0v) is 7.08. The largest absolute Gasteiger partial charge is 0.465 e. The molecule has 2 rings (SSSR count). The Morgan fingerprint density at radius 2 is 2.46 bits per heavy atom. The van der Waals surface area contributed by atoms with Gasteiger partial charge in [0.15, 0.2) is 0 Å². The molecule has 0 saturated heterocycles. The van der Waals surface area contributed by atoms with E-state index in [0.29, 0.717) is 6.54 Å². The minimum Gasteiger partial charge on any atom is -0.465 e. The van der Waals surface area contributed by atoms with Crippen LogP contribution in [0.4, 0.5) is 4.79 Å². The van der Waals surface area contributed by atoms with Crippen molar-refractivity contribution >= 4 is 6.09 Å². The van der Waals surface area contributed by atoms with Crippen LogP contribution in [0.1, 0.15) is 6.42 Å². The van der Waals surface area contributed by atoms with E-state index in [0.717, 1.165) is 18.7 Å². The van der Waals surface area contributed by atoms with Crippen LogP contribution in [0, 0.1) is 0 Å². The molecule has 0 fully saturated rings. The van der Waals surface area contributed by atoms with Gasteiger partial charge in [-0.25, -0.2) is 10.2 Å². The Bertz CT molecular complexity index is 296. The highest BCUT2D eigenvalue weighted by Crippen LogP contribution is 2.16. The molecular formula is C8H11N3O2. The predicted molar refractivity (Wildman–Crippen MR) is 46.7 cm³/mol. The number of nitrogens with zero attached hydrogens (tertiary/aromatic N) is 1. The third kappa shape index (κ3) is 1.50. The van der Waals surface area contributed by atoms with E-state index < -0.39 is 6.09 Å². The van der Waals surface area contributed by atoms with Crippen LogP contribution in [0.25, 0.3) is 0 Å². The van der Waals surface area contributed by atoms with Crippen LogP contribution in [0.15, 0.2) is 23.5 Å². The van der Waals surface area contributed by atoms with Crippen LogP contribution in [-0.4, -0.2) is 29.2 Å². The molecule has 2 aliphatic heterocycles. The van der Waals surface area contributed by atoms with Gasteiger partial charge in [0, 0.05) is 19.3 Å². The monoisotopic (exact) mass is 181 g/mol. The van der Waals surface area contributed by atoms with E-state index in [2.05, 4.69) is 10.9 Å². The molecule has 0 saturated carbocycles. The number of amides is 1. The van der Waals surface area contributed by atoms with Crippen molar-refractivity contribution in [1.82, 2.24) is 15.8 Å². The van der Waals surface area contributed by atoms with E-state index in [9.17, 15) is 4.79 Å². The Kier molecular flexibility index (Phi) is 1.94. The van der Waals surface area contributed by atoms with E-state index in [4.69, 9.17) is 5.11 Å². The molecule has 2 heterocycles. The Morgan fingerprint density at radius 1 is 1.62 bits per heavy atom. The summed E-state index contributed by atoms with van der Waals surface area (Å²) >= 11 is 0. The summed E-state index contributed by atoms with van der Waals surface area (Å²) in [5, 5.41) is 8.75. The SMILES string of the molecule is O=C(O)N1C=CC2=C(CC1)CNN2. The number of hydrazine groups is 1. The Morgan fingerprint density at radius 3 is 3.23 bits per heavy atom. The van der Waals surface area contributed by atoms with Crippen molar-refractivity contribution in [2.75, 3.05) is 13.1 Å². The molecule has 0 spiro atoms. The van der Waals surface area contributed by atoms with Gasteiger partial charge in [-0.3, -0.25) is 4.90 Å². The van der Waals surface area contributed by atoms with Crippen LogP contribution < -0.4 is 10.9 Å². The van der Waals surface area contributed by atoms with Crippen molar-refractivity contribution in [3.63, 3.8) is 0 Å². The van der Waals surface area contributed by atoms with Gasteiger partial charge in [0.25, 0.3) is 0 Å². The number of carboxylic acid groups (broad SMARTS) is 1. The quantitative estimate of drug-likeness (QED) is 0.501. The summed E-state index contributed by atoms with van der Waals surface area (Å²) in [5.41, 5.74) is 8.22. The molecule has 1 amide bonds. The van der Waals surface area contributed by atoms with Gasteiger partial charge in [0.2, 0.25) is 0 Å². The van der Waals surface area contributed by atoms with Gasteiger partial charge in [-0.1, -0.05) is 0 Å². The lowest BCUT2D eigenvalue weighted by Crippen LogP contribution is -2.27. The lowest BCUT2D eigenvalue weighted by Gasteiger charge is -2.12. The molecule has 5 heteroatoms. The minimum absolute atomic E-state index is 0.536. The molecule has 0 aromatic rings. The smallest absolute Gasteiger partial charge is 0.411 e. The molecule has 0 aromatic carbocycles. The third-order valence-electron chi connectivity index (χ3n) is 2.23. The Balaban J connectivity index is 2.13. The molecule has 70 valence electrons. The highest BCUT2D eigenvalue weighted by atomic mass is 16.4. The van der Waals surface area contributed by atoms with Crippen LogP contribution >= 0.6 is 0 Å². The Hall–Kier alpha value is -1.49. The predicted octanol–water partition coefficient (Wildman–Crippen LogP) is 0.246. The maximum atomic E-state index is 10.6. The highest BCUT2D eigenvalue weighted by Gasteiger charge is 2.17. The lowest BCUT2D eigenvalue weighted by atomic mass is 10.1. The second-order valence-electron chi connectivity index (χ2n) is 3.04. The van der Waals surface area contributed by atoms with E-state index in [-0.39, 0.29) is 0 Å². The standard InChI is InChI=1S/C8H11N3O2/c12-8(13)11-3-1-6-5-9-10-7(6)2-4-11/h2,4,9-10H,1,3,5H2,(H,12,13). The topological polar surface area (TPSA) is 64.6 Å². The molecule has 5 nitrogen and oxygen atoms in total. The molecule has 0 unspecified atom stereocenters. The van der Waals surface area contributed by atoms with E-state index in [1.165, 1.54) is 10.5 Å². The fourth-order valence-corrected chi connectivity index (χ4v) is 1.47.